The van der Waals surface area contributed by atoms with Crippen LogP contribution in [0.3, 0.4) is 0 Å². The van der Waals surface area contributed by atoms with Gasteiger partial charge in [0.25, 0.3) is 0 Å². The molecular weight excluding hydrogens is 244 g/mol. The van der Waals surface area contributed by atoms with E-state index in [1.807, 2.05) is 13.8 Å². The zero-order chi connectivity index (χ0) is 13.2. The Morgan fingerprint density at radius 1 is 1.31 bits per heavy atom. The predicted octanol–water partition coefficient (Wildman–Crippen LogP) is -1.27. The maximum absolute atomic E-state index is 10.2. The van der Waals surface area contributed by atoms with Crippen LogP contribution >= 0.6 is 0 Å². The van der Waals surface area contributed by atoms with Crippen LogP contribution < -0.4 is 0 Å². The largest absolute Gasteiger partial charge is 0.449 e. The highest BCUT2D eigenvalue weighted by Crippen LogP contribution is 1.92. The third kappa shape index (κ3) is 13.3. The van der Waals surface area contributed by atoms with Gasteiger partial charge in [-0.3, -0.25) is 4.55 Å². The van der Waals surface area contributed by atoms with Gasteiger partial charge in [0.2, 0.25) is 0 Å². The lowest BCUT2D eigenvalue weighted by atomic mass is 10.4. The minimum absolute atomic E-state index is 0.844. The van der Waals surface area contributed by atoms with Crippen molar-refractivity contribution in [1.29, 1.82) is 0 Å². The minimum Gasteiger partial charge on any atom is -0.393 e. The summed E-state index contributed by atoms with van der Waals surface area (Å²) in [7, 11) is -4.90. The Morgan fingerprint density at radius 3 is 1.94 bits per heavy atom. The lowest BCUT2D eigenvalue weighted by Crippen LogP contribution is -2.28. The Bertz CT molecular complexity index is 270. The maximum Gasteiger partial charge on any atom is 0.449 e. The molecule has 1 atom stereocenters. The van der Waals surface area contributed by atoms with Gasteiger partial charge in [-0.05, 0) is 13.8 Å². The smallest absolute Gasteiger partial charge is 0.393 e. The summed E-state index contributed by atoms with van der Waals surface area (Å²) in [4.78, 5) is 10.2. The molecule has 98 valence electrons. The molecule has 0 aromatic carbocycles. The monoisotopic (exact) mass is 260 g/mol. The Balaban J connectivity index is 0. The van der Waals surface area contributed by atoms with Crippen LogP contribution in [0.5, 0.6) is 0 Å². The molecular formula is C7H16O8S. The fraction of sp³-hybridized carbons (Fsp3) is 0.857. The number of hydrogen-bond donors (Lipinski definition) is 3. The van der Waals surface area contributed by atoms with Gasteiger partial charge < -0.3 is 19.1 Å². The van der Waals surface area contributed by atoms with Crippen LogP contribution in [0.1, 0.15) is 13.8 Å². The molecule has 0 rings (SSSR count). The van der Waals surface area contributed by atoms with Gasteiger partial charge >= 0.3 is 16.4 Å². The summed E-state index contributed by atoms with van der Waals surface area (Å²) < 4.78 is 35.5. The third-order valence-electron chi connectivity index (χ3n) is 1.04. The van der Waals surface area contributed by atoms with E-state index in [1.54, 1.807) is 0 Å². The van der Waals surface area contributed by atoms with E-state index in [-0.39, 0.29) is 0 Å². The van der Waals surface area contributed by atoms with E-state index < -0.39 is 29.1 Å². The van der Waals surface area contributed by atoms with Crippen LogP contribution in [-0.4, -0.2) is 55.1 Å². The normalized spacial score (nSPS) is 12.3. The van der Waals surface area contributed by atoms with Crippen molar-refractivity contribution in [3.8, 4) is 0 Å². The standard InChI is InChI=1S/C4H10O.C3H6O7S/c1-3-5-4-2;4-1-2(5)3(6)10-11(7,8)9/h3-4H2,1-2H3;2,4-5H,1H2,(H,7,8,9). The number of carbonyl (C=O) groups is 1. The van der Waals surface area contributed by atoms with Crippen molar-refractivity contribution in [3.63, 3.8) is 0 Å². The highest BCUT2D eigenvalue weighted by molar-refractivity contribution is 7.81. The van der Waals surface area contributed by atoms with E-state index in [1.165, 1.54) is 0 Å². The first-order valence-electron chi connectivity index (χ1n) is 4.35. The molecule has 0 aromatic heterocycles. The minimum atomic E-state index is -4.90. The number of ether oxygens (including phenoxy) is 1. The second-order valence-electron chi connectivity index (χ2n) is 2.31. The molecule has 0 aliphatic carbocycles. The first kappa shape index (κ1) is 17.6. The SMILES string of the molecule is CCOCC.O=C(OS(=O)(=O)O)C(O)CO. The zero-order valence-electron chi connectivity index (χ0n) is 8.99. The predicted molar refractivity (Wildman–Crippen MR) is 52.9 cm³/mol. The van der Waals surface area contributed by atoms with Crippen LogP contribution in [0, 0.1) is 0 Å². The topological polar surface area (TPSA) is 130 Å². The number of aliphatic hydroxyl groups is 2. The van der Waals surface area contributed by atoms with Crippen molar-refractivity contribution in [1.82, 2.24) is 0 Å². The van der Waals surface area contributed by atoms with E-state index in [4.69, 9.17) is 19.5 Å². The molecule has 9 heteroatoms. The van der Waals surface area contributed by atoms with E-state index >= 15 is 0 Å². The Kier molecular flexibility index (Phi) is 10.5. The van der Waals surface area contributed by atoms with Gasteiger partial charge in [0, 0.05) is 13.2 Å². The first-order chi connectivity index (χ1) is 7.28. The van der Waals surface area contributed by atoms with Gasteiger partial charge in [-0.1, -0.05) is 0 Å². The van der Waals surface area contributed by atoms with Crippen molar-refractivity contribution in [2.75, 3.05) is 19.8 Å². The summed E-state index contributed by atoms with van der Waals surface area (Å²) in [6.07, 6.45) is -1.96. The number of carbonyl (C=O) groups excluding carboxylic acids is 1. The van der Waals surface area contributed by atoms with E-state index in [2.05, 4.69) is 4.18 Å². The number of aliphatic hydroxyl groups excluding tert-OH is 2. The average molecular weight is 260 g/mol. The molecule has 0 bridgehead atoms. The molecule has 0 aromatic rings. The maximum atomic E-state index is 10.2. The Morgan fingerprint density at radius 2 is 1.75 bits per heavy atom. The molecule has 0 amide bonds. The summed E-state index contributed by atoms with van der Waals surface area (Å²) in [5.74, 6) is -1.63. The summed E-state index contributed by atoms with van der Waals surface area (Å²) in [6, 6.07) is 0. The van der Waals surface area contributed by atoms with Crippen molar-refractivity contribution >= 4 is 16.4 Å². The average Bonchev–Trinajstić information content (AvgIpc) is 2.16. The van der Waals surface area contributed by atoms with Crippen molar-refractivity contribution in [3.05, 3.63) is 0 Å². The number of rotatable bonds is 5. The fourth-order valence-corrected chi connectivity index (χ4v) is 0.757. The summed E-state index contributed by atoms with van der Waals surface area (Å²) >= 11 is 0. The fourth-order valence-electron chi connectivity index (χ4n) is 0.438. The molecule has 0 spiro atoms. The van der Waals surface area contributed by atoms with Crippen LogP contribution in [0.4, 0.5) is 0 Å². The second-order valence-corrected chi connectivity index (χ2v) is 3.33. The van der Waals surface area contributed by atoms with Gasteiger partial charge in [-0.25, -0.2) is 4.79 Å². The van der Waals surface area contributed by atoms with Crippen LogP contribution in [-0.2, 0) is 24.1 Å². The van der Waals surface area contributed by atoms with Gasteiger partial charge in [-0.2, -0.15) is 8.42 Å². The summed E-state index contributed by atoms with van der Waals surface area (Å²) in [6.45, 7) is 4.69. The first-order valence-corrected chi connectivity index (χ1v) is 5.72. The molecule has 16 heavy (non-hydrogen) atoms. The Hall–Kier alpha value is -0.740. The number of hydrogen-bond acceptors (Lipinski definition) is 7. The quantitative estimate of drug-likeness (QED) is 0.521. The zero-order valence-corrected chi connectivity index (χ0v) is 9.81. The molecule has 1 unspecified atom stereocenters. The summed E-state index contributed by atoms with van der Waals surface area (Å²) in [5, 5.41) is 16.5. The van der Waals surface area contributed by atoms with Gasteiger partial charge in [-0.15, -0.1) is 0 Å². The molecule has 0 radical (unpaired) electrons. The van der Waals surface area contributed by atoms with Crippen molar-refractivity contribution in [2.45, 2.75) is 20.0 Å². The van der Waals surface area contributed by atoms with Gasteiger partial charge in [0.15, 0.2) is 6.10 Å². The van der Waals surface area contributed by atoms with E-state index in [9.17, 15) is 13.2 Å². The highest BCUT2D eigenvalue weighted by Gasteiger charge is 2.21. The molecule has 0 aliphatic rings. The van der Waals surface area contributed by atoms with Crippen LogP contribution in [0.2, 0.25) is 0 Å². The molecule has 0 fully saturated rings. The lowest BCUT2D eigenvalue weighted by molar-refractivity contribution is -0.145. The lowest BCUT2D eigenvalue weighted by Gasteiger charge is -2.03. The van der Waals surface area contributed by atoms with Gasteiger partial charge in [0.1, 0.15) is 0 Å². The highest BCUT2D eigenvalue weighted by atomic mass is 32.3. The van der Waals surface area contributed by atoms with Crippen LogP contribution in [0.15, 0.2) is 0 Å². The molecule has 8 nitrogen and oxygen atoms in total. The van der Waals surface area contributed by atoms with Gasteiger partial charge in [0.05, 0.1) is 6.61 Å². The van der Waals surface area contributed by atoms with Crippen molar-refractivity contribution < 1.29 is 36.9 Å². The van der Waals surface area contributed by atoms with E-state index in [0.717, 1.165) is 13.2 Å². The third-order valence-corrected chi connectivity index (χ3v) is 1.42. The van der Waals surface area contributed by atoms with Crippen molar-refractivity contribution in [2.24, 2.45) is 0 Å². The molecule has 0 aliphatic heterocycles. The Labute approximate surface area is 93.7 Å². The summed E-state index contributed by atoms with van der Waals surface area (Å²) in [5.41, 5.74) is 0. The molecule has 0 heterocycles. The second kappa shape index (κ2) is 9.48. The van der Waals surface area contributed by atoms with E-state index in [0.29, 0.717) is 0 Å². The molecule has 0 saturated carbocycles. The molecule has 0 saturated heterocycles. The van der Waals surface area contributed by atoms with Crippen LogP contribution in [0.25, 0.3) is 0 Å². The molecule has 3 N–H and O–H groups in total.